The third-order valence-corrected chi connectivity index (χ3v) is 1.64. The van der Waals surface area contributed by atoms with Crippen LogP contribution in [0.2, 0.25) is 0 Å². The Morgan fingerprint density at radius 1 is 1.25 bits per heavy atom. The van der Waals surface area contributed by atoms with Crippen LogP contribution in [-0.4, -0.2) is 22.4 Å². The first-order valence-electron chi connectivity index (χ1n) is 5.79. The van der Waals surface area contributed by atoms with Gasteiger partial charge in [-0.3, -0.25) is 4.79 Å². The molecule has 0 unspecified atom stereocenters. The fraction of sp³-hybridized carbons (Fsp3) is 0.583. The fourth-order valence-corrected chi connectivity index (χ4v) is 0.897. The van der Waals surface area contributed by atoms with Crippen molar-refractivity contribution in [3.8, 4) is 0 Å². The van der Waals surface area contributed by atoms with E-state index in [-0.39, 0.29) is 5.91 Å². The summed E-state index contributed by atoms with van der Waals surface area (Å²) >= 11 is 0. The predicted molar refractivity (Wildman–Crippen MR) is 65.2 cm³/mol. The van der Waals surface area contributed by atoms with Crippen molar-refractivity contribution in [3.05, 3.63) is 24.3 Å². The lowest BCUT2D eigenvalue weighted by molar-refractivity contribution is 0.0952. The Morgan fingerprint density at radius 3 is 2.31 bits per heavy atom. The van der Waals surface area contributed by atoms with E-state index in [1.54, 1.807) is 0 Å². The molecule has 1 rings (SSSR count). The molecule has 90 valence electrons. The van der Waals surface area contributed by atoms with Crippen LogP contribution in [0.5, 0.6) is 0 Å². The van der Waals surface area contributed by atoms with Crippen molar-refractivity contribution in [1.29, 1.82) is 0 Å². The van der Waals surface area contributed by atoms with E-state index in [2.05, 4.69) is 36.1 Å². The molecular formula is C12H21N3O. The third-order valence-electron chi connectivity index (χ3n) is 1.64. The smallest absolute Gasteiger partial charge is 0.254 e. The molecule has 0 aliphatic heterocycles. The lowest BCUT2D eigenvalue weighted by Crippen LogP contribution is -2.24. The van der Waals surface area contributed by atoms with Gasteiger partial charge in [-0.15, -0.1) is 0 Å². The van der Waals surface area contributed by atoms with Gasteiger partial charge in [0.1, 0.15) is 6.33 Å². The van der Waals surface area contributed by atoms with Crippen molar-refractivity contribution in [2.24, 2.45) is 0 Å². The quantitative estimate of drug-likeness (QED) is 0.797. The molecule has 0 aromatic carbocycles. The number of hydrogen-bond donors (Lipinski definition) is 1. The van der Waals surface area contributed by atoms with Gasteiger partial charge in [0.15, 0.2) is 0 Å². The van der Waals surface area contributed by atoms with E-state index in [4.69, 9.17) is 0 Å². The normalized spacial score (nSPS) is 8.94. The summed E-state index contributed by atoms with van der Waals surface area (Å²) in [5.41, 5.74) is 0.513. The molecule has 16 heavy (non-hydrogen) atoms. The maximum absolute atomic E-state index is 11.3. The van der Waals surface area contributed by atoms with Gasteiger partial charge >= 0.3 is 0 Å². The Labute approximate surface area is 97.5 Å². The number of nitrogens with one attached hydrogen (secondary N) is 1. The first-order chi connectivity index (χ1) is 7.76. The van der Waals surface area contributed by atoms with E-state index < -0.39 is 0 Å². The number of aromatic nitrogens is 2. The van der Waals surface area contributed by atoms with Crippen molar-refractivity contribution in [3.63, 3.8) is 0 Å². The van der Waals surface area contributed by atoms with E-state index in [1.165, 1.54) is 25.1 Å². The summed E-state index contributed by atoms with van der Waals surface area (Å²) in [6.45, 7) is 7.04. The van der Waals surface area contributed by atoms with Crippen molar-refractivity contribution in [2.45, 2.75) is 40.0 Å². The zero-order chi connectivity index (χ0) is 12.2. The topological polar surface area (TPSA) is 54.9 Å². The molecule has 0 saturated carbocycles. The lowest BCUT2D eigenvalue weighted by atomic mass is 10.3. The Balaban J connectivity index is 0.000000673. The molecule has 0 aliphatic carbocycles. The highest BCUT2D eigenvalue weighted by Crippen LogP contribution is 1.92. The fourth-order valence-electron chi connectivity index (χ4n) is 0.897. The van der Waals surface area contributed by atoms with Crippen LogP contribution in [0.15, 0.2) is 18.7 Å². The molecule has 1 aromatic rings. The molecule has 0 saturated heterocycles. The van der Waals surface area contributed by atoms with E-state index in [0.29, 0.717) is 12.1 Å². The molecule has 0 spiro atoms. The third kappa shape index (κ3) is 6.92. The Hall–Kier alpha value is -1.45. The highest BCUT2D eigenvalue weighted by molar-refractivity contribution is 5.93. The Kier molecular flexibility index (Phi) is 9.17. The second-order valence-corrected chi connectivity index (χ2v) is 3.44. The zero-order valence-electron chi connectivity index (χ0n) is 10.4. The summed E-state index contributed by atoms with van der Waals surface area (Å²) in [5, 5.41) is 2.78. The van der Waals surface area contributed by atoms with Crippen LogP contribution in [-0.2, 0) is 0 Å². The zero-order valence-corrected chi connectivity index (χ0v) is 10.4. The minimum atomic E-state index is -0.103. The van der Waals surface area contributed by atoms with Crippen LogP contribution in [0.3, 0.4) is 0 Å². The molecule has 1 amide bonds. The molecule has 0 radical (unpaired) electrons. The number of carbonyl (C=O) groups is 1. The minimum Gasteiger partial charge on any atom is -0.352 e. The maximum Gasteiger partial charge on any atom is 0.254 e. The van der Waals surface area contributed by atoms with Gasteiger partial charge in [0.2, 0.25) is 0 Å². The maximum atomic E-state index is 11.3. The number of amides is 1. The van der Waals surface area contributed by atoms with Crippen LogP contribution in [0.25, 0.3) is 0 Å². The summed E-state index contributed by atoms with van der Waals surface area (Å²) in [5.74, 6) is -0.103. The molecule has 1 N–H and O–H groups in total. The summed E-state index contributed by atoms with van der Waals surface area (Å²) in [6, 6.07) is 0. The number of unbranched alkanes of at least 4 members (excludes halogenated alkanes) is 1. The summed E-state index contributed by atoms with van der Waals surface area (Å²) < 4.78 is 0. The monoisotopic (exact) mass is 223 g/mol. The standard InChI is InChI=1S/C9H13N3O.C3H8/c1-2-3-4-12-9(13)8-5-10-7-11-6-8;1-3-2/h5-7H,2-4H2,1H3,(H,12,13);3H2,1-2H3. The predicted octanol–water partition coefficient (Wildman–Crippen LogP) is 2.42. The largest absolute Gasteiger partial charge is 0.352 e. The summed E-state index contributed by atoms with van der Waals surface area (Å²) in [4.78, 5) is 18.9. The Bertz CT molecular complexity index is 275. The van der Waals surface area contributed by atoms with Gasteiger partial charge in [0, 0.05) is 18.9 Å². The second kappa shape index (κ2) is 10.1. The molecule has 0 atom stereocenters. The summed E-state index contributed by atoms with van der Waals surface area (Å²) in [7, 11) is 0. The number of nitrogens with zero attached hydrogens (tertiary/aromatic N) is 2. The van der Waals surface area contributed by atoms with Crippen LogP contribution in [0.1, 0.15) is 50.4 Å². The van der Waals surface area contributed by atoms with E-state index >= 15 is 0 Å². The number of hydrogen-bond acceptors (Lipinski definition) is 3. The molecule has 0 bridgehead atoms. The van der Waals surface area contributed by atoms with Crippen molar-refractivity contribution < 1.29 is 4.79 Å². The van der Waals surface area contributed by atoms with Crippen molar-refractivity contribution >= 4 is 5.91 Å². The molecule has 4 nitrogen and oxygen atoms in total. The average Bonchev–Trinajstić information content (AvgIpc) is 2.31. The van der Waals surface area contributed by atoms with Gasteiger partial charge in [0.25, 0.3) is 5.91 Å². The average molecular weight is 223 g/mol. The van der Waals surface area contributed by atoms with Crippen LogP contribution in [0.4, 0.5) is 0 Å². The SMILES string of the molecule is CCC.CCCCNC(=O)c1cncnc1. The van der Waals surface area contributed by atoms with Gasteiger partial charge in [0.05, 0.1) is 5.56 Å². The second-order valence-electron chi connectivity index (χ2n) is 3.44. The molecule has 1 heterocycles. The van der Waals surface area contributed by atoms with Crippen LogP contribution < -0.4 is 5.32 Å². The highest BCUT2D eigenvalue weighted by Gasteiger charge is 2.03. The molecule has 4 heteroatoms. The first-order valence-corrected chi connectivity index (χ1v) is 5.79. The number of carbonyl (C=O) groups excluding carboxylic acids is 1. The lowest BCUT2D eigenvalue weighted by Gasteiger charge is -2.02. The van der Waals surface area contributed by atoms with Gasteiger partial charge < -0.3 is 5.32 Å². The van der Waals surface area contributed by atoms with Crippen LogP contribution in [0, 0.1) is 0 Å². The van der Waals surface area contributed by atoms with E-state index in [1.807, 2.05) is 0 Å². The highest BCUT2D eigenvalue weighted by atomic mass is 16.1. The van der Waals surface area contributed by atoms with Crippen molar-refractivity contribution in [1.82, 2.24) is 15.3 Å². The van der Waals surface area contributed by atoms with Gasteiger partial charge in [-0.2, -0.15) is 0 Å². The van der Waals surface area contributed by atoms with Crippen LogP contribution >= 0.6 is 0 Å². The number of rotatable bonds is 4. The minimum absolute atomic E-state index is 0.103. The molecule has 0 fully saturated rings. The summed E-state index contributed by atoms with van der Waals surface area (Å²) in [6.07, 6.45) is 7.75. The van der Waals surface area contributed by atoms with Gasteiger partial charge in [-0.05, 0) is 6.42 Å². The van der Waals surface area contributed by atoms with Gasteiger partial charge in [-0.25, -0.2) is 9.97 Å². The molecular weight excluding hydrogens is 202 g/mol. The van der Waals surface area contributed by atoms with Crippen molar-refractivity contribution in [2.75, 3.05) is 6.54 Å². The van der Waals surface area contributed by atoms with Gasteiger partial charge in [-0.1, -0.05) is 33.6 Å². The Morgan fingerprint density at radius 2 is 1.81 bits per heavy atom. The molecule has 1 aromatic heterocycles. The first kappa shape index (κ1) is 14.6. The van der Waals surface area contributed by atoms with E-state index in [9.17, 15) is 4.79 Å². The van der Waals surface area contributed by atoms with E-state index in [0.717, 1.165) is 12.8 Å². The molecule has 0 aliphatic rings.